The van der Waals surface area contributed by atoms with Crippen molar-refractivity contribution in [2.24, 2.45) is 4.99 Å². The number of piperidine rings is 1. The van der Waals surface area contributed by atoms with Crippen LogP contribution in [0, 0.1) is 0 Å². The smallest absolute Gasteiger partial charge is 0.236 e. The molecular formula is C17H32IN5O. The molecule has 3 rings (SSSR count). The number of halogens is 1. The van der Waals surface area contributed by atoms with Crippen LogP contribution in [-0.4, -0.2) is 85.5 Å². The second-order valence-electron chi connectivity index (χ2n) is 7.02. The summed E-state index contributed by atoms with van der Waals surface area (Å²) in [5.74, 6) is 1.35. The number of amides is 1. The average molecular weight is 449 g/mol. The van der Waals surface area contributed by atoms with Crippen molar-refractivity contribution in [3.8, 4) is 0 Å². The van der Waals surface area contributed by atoms with Gasteiger partial charge in [-0.25, -0.2) is 0 Å². The van der Waals surface area contributed by atoms with Crippen molar-refractivity contribution < 1.29 is 4.79 Å². The Morgan fingerprint density at radius 1 is 0.958 bits per heavy atom. The van der Waals surface area contributed by atoms with Crippen molar-refractivity contribution in [2.75, 3.05) is 52.9 Å². The SMILES string of the molecule is CN=C(NC1CCC1)N1CCN(CC(=O)N2CCCCC2)CC1.I. The lowest BCUT2D eigenvalue weighted by Crippen LogP contribution is -2.56. The topological polar surface area (TPSA) is 51.2 Å². The Hall–Kier alpha value is -0.570. The van der Waals surface area contributed by atoms with Crippen LogP contribution in [0.1, 0.15) is 38.5 Å². The van der Waals surface area contributed by atoms with Gasteiger partial charge in [0.05, 0.1) is 6.54 Å². The molecule has 6 nitrogen and oxygen atoms in total. The molecular weight excluding hydrogens is 417 g/mol. The van der Waals surface area contributed by atoms with Gasteiger partial charge >= 0.3 is 0 Å². The van der Waals surface area contributed by atoms with Crippen molar-refractivity contribution in [3.05, 3.63) is 0 Å². The molecule has 0 spiro atoms. The second kappa shape index (κ2) is 9.79. The molecule has 3 fully saturated rings. The molecule has 0 aromatic rings. The highest BCUT2D eigenvalue weighted by molar-refractivity contribution is 14.0. The van der Waals surface area contributed by atoms with Crippen LogP contribution in [0.15, 0.2) is 4.99 Å². The first-order valence-electron chi connectivity index (χ1n) is 9.24. The van der Waals surface area contributed by atoms with E-state index in [0.29, 0.717) is 18.5 Å². The van der Waals surface area contributed by atoms with Crippen molar-refractivity contribution in [2.45, 2.75) is 44.6 Å². The van der Waals surface area contributed by atoms with Crippen LogP contribution in [0.3, 0.4) is 0 Å². The van der Waals surface area contributed by atoms with Crippen LogP contribution in [0.4, 0.5) is 0 Å². The molecule has 1 N–H and O–H groups in total. The summed E-state index contributed by atoms with van der Waals surface area (Å²) in [6.45, 7) is 6.31. The fourth-order valence-electron chi connectivity index (χ4n) is 3.58. The highest BCUT2D eigenvalue weighted by Crippen LogP contribution is 2.18. The van der Waals surface area contributed by atoms with E-state index in [4.69, 9.17) is 0 Å². The maximum Gasteiger partial charge on any atom is 0.236 e. The normalized spacial score (nSPS) is 23.5. The van der Waals surface area contributed by atoms with Gasteiger partial charge in [-0.05, 0) is 38.5 Å². The molecule has 3 aliphatic rings. The Morgan fingerprint density at radius 2 is 1.62 bits per heavy atom. The van der Waals surface area contributed by atoms with Crippen LogP contribution in [-0.2, 0) is 4.79 Å². The highest BCUT2D eigenvalue weighted by Gasteiger charge is 2.26. The van der Waals surface area contributed by atoms with E-state index in [1.807, 2.05) is 11.9 Å². The number of hydrogen-bond acceptors (Lipinski definition) is 3. The number of nitrogens with one attached hydrogen (secondary N) is 1. The standard InChI is InChI=1S/C17H31N5O.HI/c1-18-17(19-15-6-5-7-15)22-12-10-20(11-13-22)14-16(23)21-8-3-2-4-9-21;/h15H,2-14H2,1H3,(H,18,19);1H. The predicted octanol–water partition coefficient (Wildman–Crippen LogP) is 1.36. The van der Waals surface area contributed by atoms with Crippen LogP contribution in [0.5, 0.6) is 0 Å². The van der Waals surface area contributed by atoms with Crippen molar-refractivity contribution >= 4 is 35.8 Å². The Bertz CT molecular complexity index is 427. The minimum atomic E-state index is 0. The summed E-state index contributed by atoms with van der Waals surface area (Å²) in [7, 11) is 1.87. The number of rotatable bonds is 3. The zero-order valence-corrected chi connectivity index (χ0v) is 17.2. The minimum Gasteiger partial charge on any atom is -0.354 e. The maximum absolute atomic E-state index is 12.4. The second-order valence-corrected chi connectivity index (χ2v) is 7.02. The summed E-state index contributed by atoms with van der Waals surface area (Å²) in [6, 6.07) is 0.618. The van der Waals surface area contributed by atoms with Crippen molar-refractivity contribution in [3.63, 3.8) is 0 Å². The fourth-order valence-corrected chi connectivity index (χ4v) is 3.58. The van der Waals surface area contributed by atoms with E-state index in [9.17, 15) is 4.79 Å². The number of nitrogens with zero attached hydrogens (tertiary/aromatic N) is 4. The molecule has 2 saturated heterocycles. The molecule has 0 unspecified atom stereocenters. The van der Waals surface area contributed by atoms with Gasteiger partial charge < -0.3 is 15.1 Å². The lowest BCUT2D eigenvalue weighted by Gasteiger charge is -2.39. The zero-order chi connectivity index (χ0) is 16.1. The molecule has 138 valence electrons. The summed E-state index contributed by atoms with van der Waals surface area (Å²) in [4.78, 5) is 23.5. The first kappa shape index (κ1) is 19.8. The summed E-state index contributed by atoms with van der Waals surface area (Å²) in [5.41, 5.74) is 0. The number of guanidine groups is 1. The lowest BCUT2D eigenvalue weighted by atomic mass is 9.93. The van der Waals surface area contributed by atoms with Gasteiger partial charge in [-0.15, -0.1) is 24.0 Å². The van der Waals surface area contributed by atoms with Crippen LogP contribution in [0.25, 0.3) is 0 Å². The molecule has 1 amide bonds. The molecule has 2 heterocycles. The van der Waals surface area contributed by atoms with E-state index in [-0.39, 0.29) is 24.0 Å². The van der Waals surface area contributed by atoms with Gasteiger partial charge in [-0.1, -0.05) is 0 Å². The molecule has 0 atom stereocenters. The van der Waals surface area contributed by atoms with E-state index in [2.05, 4.69) is 20.1 Å². The monoisotopic (exact) mass is 449 g/mol. The van der Waals surface area contributed by atoms with E-state index in [1.54, 1.807) is 0 Å². The number of hydrogen-bond donors (Lipinski definition) is 1. The summed E-state index contributed by atoms with van der Waals surface area (Å²) in [5, 5.41) is 3.56. The third-order valence-corrected chi connectivity index (χ3v) is 5.39. The van der Waals surface area contributed by atoms with Crippen LogP contribution >= 0.6 is 24.0 Å². The van der Waals surface area contributed by atoms with E-state index in [1.165, 1.54) is 38.5 Å². The zero-order valence-electron chi connectivity index (χ0n) is 14.9. The number of carbonyl (C=O) groups excluding carboxylic acids is 1. The molecule has 2 aliphatic heterocycles. The Balaban J connectivity index is 0.00000208. The van der Waals surface area contributed by atoms with E-state index in [0.717, 1.165) is 45.2 Å². The van der Waals surface area contributed by atoms with Crippen LogP contribution < -0.4 is 5.32 Å². The Kier molecular flexibility index (Phi) is 8.06. The van der Waals surface area contributed by atoms with Gasteiger partial charge in [0.2, 0.25) is 5.91 Å². The van der Waals surface area contributed by atoms with E-state index >= 15 is 0 Å². The molecule has 1 aliphatic carbocycles. The van der Waals surface area contributed by atoms with Crippen molar-refractivity contribution in [1.29, 1.82) is 0 Å². The largest absolute Gasteiger partial charge is 0.354 e. The van der Waals surface area contributed by atoms with Gasteiger partial charge in [-0.3, -0.25) is 14.7 Å². The first-order chi connectivity index (χ1) is 11.3. The Labute approximate surface area is 163 Å². The Morgan fingerprint density at radius 3 is 2.17 bits per heavy atom. The molecule has 0 bridgehead atoms. The third kappa shape index (κ3) is 5.21. The van der Waals surface area contributed by atoms with Gasteiger partial charge in [-0.2, -0.15) is 0 Å². The first-order valence-corrected chi connectivity index (χ1v) is 9.24. The molecule has 0 radical (unpaired) electrons. The molecule has 0 aromatic heterocycles. The molecule has 24 heavy (non-hydrogen) atoms. The van der Waals surface area contributed by atoms with Crippen molar-refractivity contribution in [1.82, 2.24) is 20.0 Å². The van der Waals surface area contributed by atoms with Crippen LogP contribution in [0.2, 0.25) is 0 Å². The molecule has 1 saturated carbocycles. The van der Waals surface area contributed by atoms with Gasteiger partial charge in [0.1, 0.15) is 0 Å². The summed E-state index contributed by atoms with van der Waals surface area (Å²) in [6.07, 6.45) is 7.48. The summed E-state index contributed by atoms with van der Waals surface area (Å²) < 4.78 is 0. The fraction of sp³-hybridized carbons (Fsp3) is 0.882. The highest BCUT2D eigenvalue weighted by atomic mass is 127. The van der Waals surface area contributed by atoms with Gasteiger partial charge in [0.15, 0.2) is 5.96 Å². The number of carbonyl (C=O) groups is 1. The minimum absolute atomic E-state index is 0. The summed E-state index contributed by atoms with van der Waals surface area (Å²) >= 11 is 0. The third-order valence-electron chi connectivity index (χ3n) is 5.39. The predicted molar refractivity (Wildman–Crippen MR) is 108 cm³/mol. The lowest BCUT2D eigenvalue weighted by molar-refractivity contribution is -0.133. The van der Waals surface area contributed by atoms with Gasteiger partial charge in [0, 0.05) is 52.4 Å². The quantitative estimate of drug-likeness (QED) is 0.402. The molecule has 7 heteroatoms. The number of aliphatic imine (C=N–C) groups is 1. The number of piperazine rings is 1. The van der Waals surface area contributed by atoms with Gasteiger partial charge in [0.25, 0.3) is 0 Å². The molecule has 0 aromatic carbocycles. The maximum atomic E-state index is 12.4. The number of likely N-dealkylation sites (tertiary alicyclic amines) is 1. The van der Waals surface area contributed by atoms with E-state index < -0.39 is 0 Å². The average Bonchev–Trinajstić information content (AvgIpc) is 2.56.